The number of rotatable bonds is 7. The third kappa shape index (κ3) is 6.66. The molecule has 2 amide bonds. The fourth-order valence-corrected chi connectivity index (χ4v) is 4.95. The fourth-order valence-electron chi connectivity index (χ4n) is 4.63. The molecule has 2 aliphatic rings. The van der Waals surface area contributed by atoms with Crippen LogP contribution in [0, 0.1) is 11.6 Å². The molecular formula is C27H32ClF2N5O2. The third-order valence-electron chi connectivity index (χ3n) is 6.89. The molecule has 37 heavy (non-hydrogen) atoms. The van der Waals surface area contributed by atoms with Crippen LogP contribution in [-0.2, 0) is 4.74 Å². The molecule has 0 radical (unpaired) electrons. The number of ether oxygens (including phenoxy) is 1. The quantitative estimate of drug-likeness (QED) is 0.410. The van der Waals surface area contributed by atoms with Gasteiger partial charge in [-0.25, -0.2) is 18.3 Å². The Morgan fingerprint density at radius 1 is 1.14 bits per heavy atom. The number of amides is 2. The maximum absolute atomic E-state index is 13.1. The molecule has 3 aromatic rings. The van der Waals surface area contributed by atoms with E-state index < -0.39 is 17.7 Å². The van der Waals surface area contributed by atoms with Gasteiger partial charge >= 0.3 is 6.03 Å². The summed E-state index contributed by atoms with van der Waals surface area (Å²) in [5, 5.41) is 7.62. The number of halogens is 3. The molecule has 1 saturated carbocycles. The van der Waals surface area contributed by atoms with Crippen LogP contribution in [0.5, 0.6) is 0 Å². The summed E-state index contributed by atoms with van der Waals surface area (Å²) < 4.78 is 32.6. The number of benzene rings is 2. The minimum Gasteiger partial charge on any atom is -0.383 e. The van der Waals surface area contributed by atoms with Gasteiger partial charge in [-0.3, -0.25) is 5.32 Å². The molecule has 2 heterocycles. The number of anilines is 1. The number of urea groups is 1. The Labute approximate surface area is 220 Å². The summed E-state index contributed by atoms with van der Waals surface area (Å²) in [6, 6.07) is 13.1. The van der Waals surface area contributed by atoms with Gasteiger partial charge in [-0.2, -0.15) is 5.10 Å². The van der Waals surface area contributed by atoms with Gasteiger partial charge in [0.15, 0.2) is 17.5 Å². The van der Waals surface area contributed by atoms with Crippen molar-refractivity contribution in [2.75, 3.05) is 38.7 Å². The number of hydrogen-bond acceptors (Lipinski definition) is 4. The first-order valence-electron chi connectivity index (χ1n) is 12.4. The van der Waals surface area contributed by atoms with Crippen molar-refractivity contribution in [3.05, 3.63) is 76.4 Å². The first-order valence-corrected chi connectivity index (χ1v) is 12.8. The lowest BCUT2D eigenvalue weighted by Crippen LogP contribution is -2.24. The Morgan fingerprint density at radius 2 is 1.89 bits per heavy atom. The number of nitrogens with zero attached hydrogens (tertiary/aromatic N) is 3. The van der Waals surface area contributed by atoms with E-state index in [-0.39, 0.29) is 0 Å². The predicted molar refractivity (Wildman–Crippen MR) is 140 cm³/mol. The van der Waals surface area contributed by atoms with Crippen molar-refractivity contribution in [3.63, 3.8) is 0 Å². The highest BCUT2D eigenvalue weighted by molar-refractivity contribution is 6.34. The molecule has 5 rings (SSSR count). The van der Waals surface area contributed by atoms with E-state index in [9.17, 15) is 13.6 Å². The number of methoxy groups -OCH3 is 1. The number of nitrogens with two attached hydrogens (primary N) is 1. The Kier molecular flexibility index (Phi) is 9.13. The van der Waals surface area contributed by atoms with E-state index in [0.29, 0.717) is 29.3 Å². The average molecular weight is 532 g/mol. The van der Waals surface area contributed by atoms with E-state index in [0.717, 1.165) is 55.8 Å². The molecule has 1 saturated heterocycles. The Balaban J connectivity index is 0.000000176. The monoisotopic (exact) mass is 531 g/mol. The van der Waals surface area contributed by atoms with Crippen molar-refractivity contribution in [3.8, 4) is 5.69 Å². The minimum absolute atomic E-state index is 0.307. The van der Waals surface area contributed by atoms with Crippen LogP contribution in [0.1, 0.15) is 48.8 Å². The largest absolute Gasteiger partial charge is 0.383 e. The van der Waals surface area contributed by atoms with Gasteiger partial charge in [0.1, 0.15) is 5.02 Å². The molecule has 2 fully saturated rings. The second-order valence-electron chi connectivity index (χ2n) is 9.36. The third-order valence-corrected chi connectivity index (χ3v) is 7.26. The highest BCUT2D eigenvalue weighted by Crippen LogP contribution is 2.42. The number of para-hydroxylation sites is 1. The highest BCUT2D eigenvalue weighted by Gasteiger charge is 2.29. The maximum Gasteiger partial charge on any atom is 0.317 e. The van der Waals surface area contributed by atoms with Crippen molar-refractivity contribution in [1.82, 2.24) is 14.7 Å². The van der Waals surface area contributed by atoms with E-state index in [1.54, 1.807) is 17.9 Å². The Morgan fingerprint density at radius 3 is 2.51 bits per heavy atom. The van der Waals surface area contributed by atoms with E-state index in [2.05, 4.69) is 15.3 Å². The first-order chi connectivity index (χ1) is 17.9. The Hall–Kier alpha value is -3.01. The molecule has 2 aromatic carbocycles. The molecule has 198 valence electrons. The van der Waals surface area contributed by atoms with Crippen molar-refractivity contribution < 1.29 is 18.3 Å². The molecule has 1 aromatic heterocycles. The minimum atomic E-state index is -0.775. The molecule has 1 atom stereocenters. The van der Waals surface area contributed by atoms with Crippen LogP contribution in [0.25, 0.3) is 5.69 Å². The second-order valence-corrected chi connectivity index (χ2v) is 9.74. The van der Waals surface area contributed by atoms with Crippen molar-refractivity contribution in [2.24, 2.45) is 5.73 Å². The van der Waals surface area contributed by atoms with Gasteiger partial charge in [-0.1, -0.05) is 42.3 Å². The van der Waals surface area contributed by atoms with Crippen LogP contribution in [0.15, 0.2) is 48.5 Å². The second kappa shape index (κ2) is 12.5. The molecule has 1 aliphatic heterocycles. The van der Waals surface area contributed by atoms with Crippen LogP contribution in [0.2, 0.25) is 5.02 Å². The van der Waals surface area contributed by atoms with Crippen LogP contribution in [0.4, 0.5) is 19.4 Å². The number of aromatic nitrogens is 2. The number of primary amides is 1. The van der Waals surface area contributed by atoms with Gasteiger partial charge in [-0.15, -0.1) is 0 Å². The summed E-state index contributed by atoms with van der Waals surface area (Å²) in [5.74, 6) is -0.407. The zero-order chi connectivity index (χ0) is 26.4. The van der Waals surface area contributed by atoms with Crippen LogP contribution < -0.4 is 11.1 Å². The molecule has 3 N–H and O–H groups in total. The summed E-state index contributed by atoms with van der Waals surface area (Å²) in [6.07, 6.45) is 4.36. The van der Waals surface area contributed by atoms with Crippen molar-refractivity contribution >= 4 is 23.4 Å². The maximum atomic E-state index is 13.1. The van der Waals surface area contributed by atoms with E-state index in [1.807, 2.05) is 30.3 Å². The number of carbonyl (C=O) groups excluding carboxylic acids is 1. The molecule has 0 bridgehead atoms. The van der Waals surface area contributed by atoms with Gasteiger partial charge in [0.25, 0.3) is 0 Å². The van der Waals surface area contributed by atoms with Gasteiger partial charge in [0, 0.05) is 26.1 Å². The van der Waals surface area contributed by atoms with Crippen LogP contribution in [0.3, 0.4) is 0 Å². The summed E-state index contributed by atoms with van der Waals surface area (Å²) >= 11 is 6.38. The number of likely N-dealkylation sites (tertiary alicyclic amines) is 1. The van der Waals surface area contributed by atoms with Gasteiger partial charge in [0.05, 0.1) is 18.0 Å². The number of carbonyl (C=O) groups is 1. The zero-order valence-corrected chi connectivity index (χ0v) is 21.6. The van der Waals surface area contributed by atoms with Crippen LogP contribution in [-0.4, -0.2) is 54.1 Å². The fraction of sp³-hybridized carbons (Fsp3) is 0.407. The topological polar surface area (TPSA) is 85.4 Å². The van der Waals surface area contributed by atoms with E-state index >= 15 is 0 Å². The summed E-state index contributed by atoms with van der Waals surface area (Å²) in [5.41, 5.74) is 7.79. The smallest absolute Gasteiger partial charge is 0.317 e. The molecule has 1 unspecified atom stereocenters. The van der Waals surface area contributed by atoms with E-state index in [1.165, 1.54) is 18.6 Å². The van der Waals surface area contributed by atoms with Gasteiger partial charge in [0.2, 0.25) is 0 Å². The predicted octanol–water partition coefficient (Wildman–Crippen LogP) is 5.68. The summed E-state index contributed by atoms with van der Waals surface area (Å²) in [4.78, 5) is 13.5. The first kappa shape index (κ1) is 27.0. The Bertz CT molecular complexity index is 1200. The lowest BCUT2D eigenvalue weighted by molar-refractivity contribution is 0.160. The molecule has 0 spiro atoms. The highest BCUT2D eigenvalue weighted by atomic mass is 35.5. The SMILES string of the molecule is COCCN1CCC(c2ccc(F)c(F)c2)C1.NC(=O)Nc1c(Cl)c(C2CCC2)nn1-c1ccccc1. The summed E-state index contributed by atoms with van der Waals surface area (Å²) in [6.45, 7) is 3.50. The van der Waals surface area contributed by atoms with Gasteiger partial charge in [-0.05, 0) is 61.6 Å². The number of nitrogens with one attached hydrogen (secondary N) is 1. The summed E-state index contributed by atoms with van der Waals surface area (Å²) in [7, 11) is 1.68. The normalized spacial score (nSPS) is 17.7. The molecule has 10 heteroatoms. The molecular weight excluding hydrogens is 500 g/mol. The standard InChI is InChI=1S/C14H15ClN4O.C13H17F2NO/c15-11-12(9-5-4-6-9)18-19(13(11)17-14(16)20)10-7-2-1-3-8-10;1-17-7-6-16-5-4-11(9-16)10-2-3-12(14)13(15)8-10/h1-3,7-9H,4-6H2,(H3,16,17,20);2-3,8,11H,4-7,9H2,1H3. The lowest BCUT2D eigenvalue weighted by Gasteiger charge is -2.23. The molecule has 7 nitrogen and oxygen atoms in total. The lowest BCUT2D eigenvalue weighted by atomic mass is 9.83. The number of hydrogen-bond donors (Lipinski definition) is 2. The molecule has 1 aliphatic carbocycles. The van der Waals surface area contributed by atoms with Crippen molar-refractivity contribution in [2.45, 2.75) is 37.5 Å². The average Bonchev–Trinajstić information content (AvgIpc) is 3.45. The zero-order valence-electron chi connectivity index (χ0n) is 20.8. The van der Waals surface area contributed by atoms with Gasteiger partial charge < -0.3 is 15.4 Å². The van der Waals surface area contributed by atoms with Crippen LogP contribution >= 0.6 is 11.6 Å². The van der Waals surface area contributed by atoms with Crippen molar-refractivity contribution in [1.29, 1.82) is 0 Å². The van der Waals surface area contributed by atoms with E-state index in [4.69, 9.17) is 22.1 Å².